The Morgan fingerprint density at radius 3 is 2.57 bits per heavy atom. The van der Waals surface area contributed by atoms with Crippen LogP contribution in [-0.2, 0) is 0 Å². The van der Waals surface area contributed by atoms with Gasteiger partial charge in [-0.25, -0.2) is 0 Å². The van der Waals surface area contributed by atoms with Crippen molar-refractivity contribution in [2.24, 2.45) is 0 Å². The zero-order valence-electron chi connectivity index (χ0n) is 14.6. The minimum atomic E-state index is -4.44. The van der Waals surface area contributed by atoms with Gasteiger partial charge >= 0.3 is 6.18 Å². The van der Waals surface area contributed by atoms with E-state index >= 15 is 0 Å². The highest BCUT2D eigenvalue weighted by atomic mass is 35.5. The van der Waals surface area contributed by atoms with E-state index in [1.807, 2.05) is 0 Å². The van der Waals surface area contributed by atoms with Crippen LogP contribution in [0.15, 0.2) is 35.0 Å². The number of piperazine rings is 1. The summed E-state index contributed by atoms with van der Waals surface area (Å²) in [5.74, 6) is -0.907. The van der Waals surface area contributed by atoms with Crippen molar-refractivity contribution in [1.82, 2.24) is 25.7 Å². The van der Waals surface area contributed by atoms with E-state index in [1.165, 1.54) is 11.0 Å². The third kappa shape index (κ3) is 6.06. The lowest BCUT2D eigenvalue weighted by atomic mass is 10.2. The molecule has 0 aliphatic carbocycles. The summed E-state index contributed by atoms with van der Waals surface area (Å²) in [6, 6.07) is 4.77. The van der Waals surface area contributed by atoms with Crippen molar-refractivity contribution in [3.05, 3.63) is 36.2 Å². The second-order valence-electron chi connectivity index (χ2n) is 5.84. The fourth-order valence-electron chi connectivity index (χ4n) is 2.74. The Bertz CT molecular complexity index is 739. The van der Waals surface area contributed by atoms with Crippen LogP contribution >= 0.6 is 24.8 Å². The second kappa shape index (κ2) is 10.6. The fraction of sp³-hybridized carbons (Fsp3) is 0.438. The highest BCUT2D eigenvalue weighted by Crippen LogP contribution is 2.25. The average molecular weight is 442 g/mol. The minimum Gasteiger partial charge on any atom is -0.350 e. The number of amides is 1. The molecule has 1 saturated heterocycles. The van der Waals surface area contributed by atoms with Crippen LogP contribution in [0, 0.1) is 0 Å². The van der Waals surface area contributed by atoms with Gasteiger partial charge in [0.25, 0.3) is 5.91 Å². The Labute approximate surface area is 171 Å². The van der Waals surface area contributed by atoms with Crippen molar-refractivity contribution in [1.29, 1.82) is 0 Å². The maximum atomic E-state index is 13.3. The topological polar surface area (TPSA) is 83.3 Å². The number of hydrogen-bond donors (Lipinski definition) is 2. The Morgan fingerprint density at radius 2 is 1.96 bits per heavy atom. The molecule has 1 amide bonds. The van der Waals surface area contributed by atoms with Gasteiger partial charge in [0.15, 0.2) is 0 Å². The van der Waals surface area contributed by atoms with Crippen LogP contribution in [0.25, 0.3) is 11.4 Å². The number of alkyl halides is 3. The molecule has 0 radical (unpaired) electrons. The van der Waals surface area contributed by atoms with Crippen molar-refractivity contribution >= 4 is 30.7 Å². The van der Waals surface area contributed by atoms with E-state index in [9.17, 15) is 18.0 Å². The molecule has 1 fully saturated rings. The molecular weight excluding hydrogens is 422 g/mol. The summed E-state index contributed by atoms with van der Waals surface area (Å²) in [5.41, 5.74) is 0.842. The van der Waals surface area contributed by atoms with Gasteiger partial charge in [0.1, 0.15) is 11.7 Å². The van der Waals surface area contributed by atoms with E-state index in [0.717, 1.165) is 0 Å². The molecule has 1 aliphatic rings. The quantitative estimate of drug-likeness (QED) is 0.739. The molecule has 7 nitrogen and oxygen atoms in total. The molecule has 1 atom stereocenters. The van der Waals surface area contributed by atoms with Gasteiger partial charge in [0.05, 0.1) is 5.69 Å². The zero-order valence-corrected chi connectivity index (χ0v) is 16.2. The first-order valence-electron chi connectivity index (χ1n) is 8.13. The molecule has 3 rings (SSSR count). The number of nitrogens with zero attached hydrogens (tertiary/aromatic N) is 3. The van der Waals surface area contributed by atoms with Gasteiger partial charge in [0.2, 0.25) is 5.76 Å². The first-order valence-corrected chi connectivity index (χ1v) is 8.13. The lowest BCUT2D eigenvalue weighted by Crippen LogP contribution is -2.57. The standard InChI is InChI=1S/C16H18F3N5O2.2ClH/c17-16(18,19)14(24-7-5-20-6-8-24)10-22-15(25)13-9-12(23-26-13)11-3-1-2-4-21-11;;/h1-4,9,14,20H,5-8,10H2,(H,22,25);2*1H. The molecule has 2 aromatic rings. The van der Waals surface area contributed by atoms with Crippen LogP contribution in [0.3, 0.4) is 0 Å². The van der Waals surface area contributed by atoms with Gasteiger partial charge in [-0.3, -0.25) is 14.7 Å². The fourth-order valence-corrected chi connectivity index (χ4v) is 2.74. The third-order valence-electron chi connectivity index (χ3n) is 4.09. The molecule has 1 aliphatic heterocycles. The van der Waals surface area contributed by atoms with E-state index in [0.29, 0.717) is 24.5 Å². The Kier molecular flexibility index (Phi) is 9.15. The molecular formula is C16H20Cl2F3N5O2. The van der Waals surface area contributed by atoms with Gasteiger partial charge in [-0.1, -0.05) is 11.2 Å². The number of carbonyl (C=O) groups is 1. The van der Waals surface area contributed by atoms with Gasteiger partial charge in [-0.05, 0) is 12.1 Å². The third-order valence-corrected chi connectivity index (χ3v) is 4.09. The molecule has 3 heterocycles. The Hall–Kier alpha value is -1.88. The Balaban J connectivity index is 0.00000196. The van der Waals surface area contributed by atoms with E-state index in [1.54, 1.807) is 24.4 Å². The van der Waals surface area contributed by atoms with Gasteiger partial charge in [-0.15, -0.1) is 24.8 Å². The van der Waals surface area contributed by atoms with Crippen LogP contribution in [-0.4, -0.2) is 65.9 Å². The predicted octanol–water partition coefficient (Wildman–Crippen LogP) is 2.15. The summed E-state index contributed by atoms with van der Waals surface area (Å²) in [7, 11) is 0. The highest BCUT2D eigenvalue weighted by Gasteiger charge is 2.44. The van der Waals surface area contributed by atoms with E-state index in [2.05, 4.69) is 20.8 Å². The minimum absolute atomic E-state index is 0. The summed E-state index contributed by atoms with van der Waals surface area (Å²) >= 11 is 0. The van der Waals surface area contributed by atoms with E-state index in [4.69, 9.17) is 4.52 Å². The summed E-state index contributed by atoms with van der Waals surface area (Å²) < 4.78 is 44.9. The molecule has 156 valence electrons. The zero-order chi connectivity index (χ0) is 18.6. The molecule has 0 bridgehead atoms. The average Bonchev–Trinajstić information content (AvgIpc) is 3.12. The summed E-state index contributed by atoms with van der Waals surface area (Å²) in [6.07, 6.45) is -2.88. The van der Waals surface area contributed by atoms with Crippen LogP contribution in [0.1, 0.15) is 10.6 Å². The first-order chi connectivity index (χ1) is 12.4. The number of carbonyl (C=O) groups excluding carboxylic acids is 1. The van der Waals surface area contributed by atoms with E-state index < -0.39 is 24.7 Å². The van der Waals surface area contributed by atoms with Crippen molar-refractivity contribution in [2.45, 2.75) is 12.2 Å². The smallest absolute Gasteiger partial charge is 0.350 e. The SMILES string of the molecule is Cl.Cl.O=C(NCC(N1CCNCC1)C(F)(F)F)c1cc(-c2ccccn2)no1. The van der Waals surface area contributed by atoms with Crippen molar-refractivity contribution in [3.8, 4) is 11.4 Å². The molecule has 2 N–H and O–H groups in total. The Morgan fingerprint density at radius 1 is 1.25 bits per heavy atom. The molecule has 0 spiro atoms. The number of aromatic nitrogens is 2. The molecule has 1 unspecified atom stereocenters. The number of hydrogen-bond acceptors (Lipinski definition) is 6. The molecule has 0 aromatic carbocycles. The maximum Gasteiger partial charge on any atom is 0.405 e. The van der Waals surface area contributed by atoms with Crippen LogP contribution in [0.2, 0.25) is 0 Å². The maximum absolute atomic E-state index is 13.3. The summed E-state index contributed by atoms with van der Waals surface area (Å²) in [6.45, 7) is 0.951. The van der Waals surface area contributed by atoms with Crippen LogP contribution in [0.5, 0.6) is 0 Å². The van der Waals surface area contributed by atoms with Crippen LogP contribution < -0.4 is 10.6 Å². The normalized spacial score (nSPS) is 15.8. The highest BCUT2D eigenvalue weighted by molar-refractivity contribution is 5.92. The first kappa shape index (κ1) is 24.2. The van der Waals surface area contributed by atoms with Crippen molar-refractivity contribution in [3.63, 3.8) is 0 Å². The lowest BCUT2D eigenvalue weighted by Gasteiger charge is -2.35. The molecule has 28 heavy (non-hydrogen) atoms. The van der Waals surface area contributed by atoms with Gasteiger partial charge in [-0.2, -0.15) is 13.2 Å². The van der Waals surface area contributed by atoms with E-state index in [-0.39, 0.29) is 43.7 Å². The number of halogens is 5. The number of nitrogens with one attached hydrogen (secondary N) is 2. The molecule has 12 heteroatoms. The van der Waals surface area contributed by atoms with Gasteiger partial charge < -0.3 is 15.2 Å². The predicted molar refractivity (Wildman–Crippen MR) is 101 cm³/mol. The number of rotatable bonds is 5. The largest absolute Gasteiger partial charge is 0.405 e. The lowest BCUT2D eigenvalue weighted by molar-refractivity contribution is -0.183. The second-order valence-corrected chi connectivity index (χ2v) is 5.84. The van der Waals surface area contributed by atoms with Crippen LogP contribution in [0.4, 0.5) is 13.2 Å². The molecule has 2 aromatic heterocycles. The number of pyridine rings is 1. The summed E-state index contributed by atoms with van der Waals surface area (Å²) in [4.78, 5) is 17.5. The van der Waals surface area contributed by atoms with Crippen molar-refractivity contribution in [2.75, 3.05) is 32.7 Å². The van der Waals surface area contributed by atoms with Crippen molar-refractivity contribution < 1.29 is 22.5 Å². The van der Waals surface area contributed by atoms with Gasteiger partial charge in [0, 0.05) is 45.0 Å². The molecule has 0 saturated carbocycles. The monoisotopic (exact) mass is 441 g/mol. The summed E-state index contributed by atoms with van der Waals surface area (Å²) in [5, 5.41) is 9.03.